The van der Waals surface area contributed by atoms with Gasteiger partial charge in [0.25, 0.3) is 0 Å². The molecule has 3 N–H and O–H groups in total. The van der Waals surface area contributed by atoms with Crippen LogP contribution in [0.2, 0.25) is 0 Å². The van der Waals surface area contributed by atoms with E-state index >= 15 is 0 Å². The molecule has 0 aliphatic heterocycles. The van der Waals surface area contributed by atoms with Crippen LogP contribution in [0.4, 0.5) is 11.4 Å². The molecule has 0 aromatic heterocycles. The van der Waals surface area contributed by atoms with Gasteiger partial charge in [-0.15, -0.1) is 0 Å². The van der Waals surface area contributed by atoms with Crippen LogP contribution >= 0.6 is 0 Å². The number of carbonyl (C=O) groups is 3. The second-order valence-corrected chi connectivity index (χ2v) is 5.59. The molecule has 6 nitrogen and oxygen atoms in total. The summed E-state index contributed by atoms with van der Waals surface area (Å²) in [7, 11) is 0. The second kappa shape index (κ2) is 7.06. The van der Waals surface area contributed by atoms with Gasteiger partial charge in [0, 0.05) is 30.1 Å². The Kier molecular flexibility index (Phi) is 5.14. The number of carbonyl (C=O) groups excluding carboxylic acids is 2. The molecule has 0 saturated heterocycles. The number of hydrogen-bond donors (Lipinski definition) is 3. The van der Waals surface area contributed by atoms with Crippen LogP contribution in [0.5, 0.6) is 0 Å². The first-order valence-electron chi connectivity index (χ1n) is 7.39. The van der Waals surface area contributed by atoms with Crippen LogP contribution < -0.4 is 10.6 Å². The van der Waals surface area contributed by atoms with E-state index in [1.807, 2.05) is 13.0 Å². The lowest BCUT2D eigenvalue weighted by atomic mass is 10.1. The minimum absolute atomic E-state index is 0.0213. The van der Waals surface area contributed by atoms with Crippen molar-refractivity contribution in [1.29, 1.82) is 0 Å². The fraction of sp³-hybridized carbons (Fsp3) is 0.438. The minimum Gasteiger partial charge on any atom is -0.481 e. The minimum atomic E-state index is -0.909. The number of benzene rings is 1. The summed E-state index contributed by atoms with van der Waals surface area (Å²) >= 11 is 0. The van der Waals surface area contributed by atoms with Crippen molar-refractivity contribution in [2.45, 2.75) is 39.0 Å². The highest BCUT2D eigenvalue weighted by atomic mass is 16.4. The normalized spacial score (nSPS) is 13.5. The summed E-state index contributed by atoms with van der Waals surface area (Å²) in [4.78, 5) is 34.0. The van der Waals surface area contributed by atoms with Gasteiger partial charge < -0.3 is 15.7 Å². The molecule has 1 fully saturated rings. The van der Waals surface area contributed by atoms with Crippen molar-refractivity contribution in [2.24, 2.45) is 5.92 Å². The van der Waals surface area contributed by atoms with E-state index in [1.165, 1.54) is 0 Å². The van der Waals surface area contributed by atoms with Crippen molar-refractivity contribution in [3.63, 3.8) is 0 Å². The van der Waals surface area contributed by atoms with Gasteiger partial charge in [-0.05, 0) is 43.9 Å². The lowest BCUT2D eigenvalue weighted by Crippen LogP contribution is -2.15. The molecule has 0 spiro atoms. The highest BCUT2D eigenvalue weighted by Crippen LogP contribution is 2.31. The Labute approximate surface area is 128 Å². The van der Waals surface area contributed by atoms with Gasteiger partial charge in [-0.1, -0.05) is 6.07 Å². The Morgan fingerprint density at radius 1 is 1.18 bits per heavy atom. The van der Waals surface area contributed by atoms with E-state index in [-0.39, 0.29) is 30.6 Å². The van der Waals surface area contributed by atoms with Crippen molar-refractivity contribution in [3.05, 3.63) is 23.8 Å². The summed E-state index contributed by atoms with van der Waals surface area (Å²) in [5.41, 5.74) is 2.22. The first-order valence-corrected chi connectivity index (χ1v) is 7.39. The van der Waals surface area contributed by atoms with Gasteiger partial charge in [-0.2, -0.15) is 0 Å². The van der Waals surface area contributed by atoms with Crippen molar-refractivity contribution in [1.82, 2.24) is 0 Å². The third kappa shape index (κ3) is 4.87. The molecule has 6 heteroatoms. The highest BCUT2D eigenvalue weighted by molar-refractivity contribution is 5.96. The summed E-state index contributed by atoms with van der Waals surface area (Å²) in [5.74, 6) is -1.00. The first kappa shape index (κ1) is 16.0. The van der Waals surface area contributed by atoms with E-state index in [4.69, 9.17) is 5.11 Å². The molecule has 118 valence electrons. The Bertz CT molecular complexity index is 594. The topological polar surface area (TPSA) is 95.5 Å². The molecule has 1 saturated carbocycles. The van der Waals surface area contributed by atoms with Crippen LogP contribution in [0.1, 0.15) is 37.7 Å². The van der Waals surface area contributed by atoms with E-state index < -0.39 is 5.97 Å². The number of amides is 2. The summed E-state index contributed by atoms with van der Waals surface area (Å²) < 4.78 is 0. The first-order chi connectivity index (χ1) is 10.5. The molecular weight excluding hydrogens is 284 g/mol. The summed E-state index contributed by atoms with van der Waals surface area (Å²) in [6.07, 6.45) is 2.31. The maximum Gasteiger partial charge on any atom is 0.303 e. The van der Waals surface area contributed by atoms with Gasteiger partial charge in [0.1, 0.15) is 0 Å². The van der Waals surface area contributed by atoms with Crippen LogP contribution in [-0.2, 0) is 14.4 Å². The molecule has 22 heavy (non-hydrogen) atoms. The van der Waals surface area contributed by atoms with Crippen LogP contribution in [0, 0.1) is 12.8 Å². The predicted molar refractivity (Wildman–Crippen MR) is 82.6 cm³/mol. The molecule has 0 heterocycles. The van der Waals surface area contributed by atoms with E-state index in [0.29, 0.717) is 17.8 Å². The summed E-state index contributed by atoms with van der Waals surface area (Å²) in [6.45, 7) is 1.89. The molecular formula is C16H20N2O4. The lowest BCUT2D eigenvalue weighted by Gasteiger charge is -2.11. The second-order valence-electron chi connectivity index (χ2n) is 5.59. The average Bonchev–Trinajstić information content (AvgIpc) is 3.26. The third-order valence-corrected chi connectivity index (χ3v) is 3.52. The SMILES string of the molecule is Cc1ccc(NC(=O)CCCC(=O)O)cc1NC(=O)C1CC1. The Morgan fingerprint density at radius 2 is 1.91 bits per heavy atom. The predicted octanol–water partition coefficient (Wildman–Crippen LogP) is 2.54. The molecule has 1 aliphatic rings. The van der Waals surface area contributed by atoms with Gasteiger partial charge in [-0.3, -0.25) is 14.4 Å². The smallest absolute Gasteiger partial charge is 0.303 e. The zero-order valence-corrected chi connectivity index (χ0v) is 12.5. The van der Waals surface area contributed by atoms with E-state index in [1.54, 1.807) is 12.1 Å². The van der Waals surface area contributed by atoms with Crippen molar-refractivity contribution in [2.75, 3.05) is 10.6 Å². The Balaban J connectivity index is 1.91. The molecule has 0 atom stereocenters. The van der Waals surface area contributed by atoms with Gasteiger partial charge in [-0.25, -0.2) is 0 Å². The maximum atomic E-state index is 11.8. The fourth-order valence-corrected chi connectivity index (χ4v) is 2.04. The molecule has 1 aromatic rings. The molecule has 2 amide bonds. The monoisotopic (exact) mass is 304 g/mol. The molecule has 0 radical (unpaired) electrons. The molecule has 1 aromatic carbocycles. The fourth-order valence-electron chi connectivity index (χ4n) is 2.04. The standard InChI is InChI=1S/C16H20N2O4/c1-10-5-8-12(17-14(19)3-2-4-15(20)21)9-13(10)18-16(22)11-6-7-11/h5,8-9,11H,2-4,6-7H2,1H3,(H,17,19)(H,18,22)(H,20,21). The van der Waals surface area contributed by atoms with Gasteiger partial charge in [0.05, 0.1) is 0 Å². The maximum absolute atomic E-state index is 11.8. The number of carboxylic acid groups (broad SMARTS) is 1. The summed E-state index contributed by atoms with van der Waals surface area (Å²) in [5, 5.41) is 14.1. The lowest BCUT2D eigenvalue weighted by molar-refractivity contribution is -0.137. The third-order valence-electron chi connectivity index (χ3n) is 3.52. The molecule has 0 bridgehead atoms. The van der Waals surface area contributed by atoms with Gasteiger partial charge in [0.2, 0.25) is 11.8 Å². The average molecular weight is 304 g/mol. The molecule has 1 aliphatic carbocycles. The number of aryl methyl sites for hydroxylation is 1. The van der Waals surface area contributed by atoms with E-state index in [2.05, 4.69) is 10.6 Å². The number of rotatable bonds is 7. The van der Waals surface area contributed by atoms with Crippen LogP contribution in [-0.4, -0.2) is 22.9 Å². The van der Waals surface area contributed by atoms with Crippen molar-refractivity contribution in [3.8, 4) is 0 Å². The van der Waals surface area contributed by atoms with E-state index in [0.717, 1.165) is 18.4 Å². The largest absolute Gasteiger partial charge is 0.481 e. The van der Waals surface area contributed by atoms with E-state index in [9.17, 15) is 14.4 Å². The van der Waals surface area contributed by atoms with Crippen molar-refractivity contribution < 1.29 is 19.5 Å². The van der Waals surface area contributed by atoms with Crippen LogP contribution in [0.15, 0.2) is 18.2 Å². The quantitative estimate of drug-likeness (QED) is 0.721. The zero-order valence-electron chi connectivity index (χ0n) is 12.5. The number of aliphatic carboxylic acids is 1. The number of nitrogens with one attached hydrogen (secondary N) is 2. The Hall–Kier alpha value is -2.37. The molecule has 0 unspecified atom stereocenters. The molecule has 2 rings (SSSR count). The van der Waals surface area contributed by atoms with Gasteiger partial charge in [0.15, 0.2) is 0 Å². The van der Waals surface area contributed by atoms with Crippen LogP contribution in [0.25, 0.3) is 0 Å². The zero-order chi connectivity index (χ0) is 16.1. The highest BCUT2D eigenvalue weighted by Gasteiger charge is 2.29. The Morgan fingerprint density at radius 3 is 2.55 bits per heavy atom. The van der Waals surface area contributed by atoms with Crippen molar-refractivity contribution >= 4 is 29.2 Å². The van der Waals surface area contributed by atoms with Gasteiger partial charge >= 0.3 is 5.97 Å². The number of carboxylic acids is 1. The number of anilines is 2. The number of hydrogen-bond acceptors (Lipinski definition) is 3. The van der Waals surface area contributed by atoms with Crippen LogP contribution in [0.3, 0.4) is 0 Å². The summed E-state index contributed by atoms with van der Waals surface area (Å²) in [6, 6.07) is 5.32.